The van der Waals surface area contributed by atoms with Crippen LogP contribution in [0, 0.1) is 17.8 Å². The molecule has 176 valence electrons. The topological polar surface area (TPSA) is 29.5 Å². The molecule has 1 aromatic carbocycles. The molecule has 6 heteroatoms. The van der Waals surface area contributed by atoms with Crippen molar-refractivity contribution < 1.29 is 22.7 Å². The van der Waals surface area contributed by atoms with Crippen molar-refractivity contribution in [3.05, 3.63) is 35.4 Å². The number of carbonyl (C=O) groups is 1. The highest BCUT2D eigenvalue weighted by Crippen LogP contribution is 2.40. The summed E-state index contributed by atoms with van der Waals surface area (Å²) < 4.78 is 44.1. The molecule has 0 N–H and O–H groups in total. The first-order valence-corrected chi connectivity index (χ1v) is 11.5. The molecule has 0 bridgehead atoms. The van der Waals surface area contributed by atoms with Crippen LogP contribution in [-0.4, -0.2) is 30.6 Å². The fourth-order valence-electron chi connectivity index (χ4n) is 4.71. The first kappa shape index (κ1) is 25.7. The van der Waals surface area contributed by atoms with E-state index in [2.05, 4.69) is 32.6 Å². The molecular weight excluding hydrogens is 403 g/mol. The maximum atomic E-state index is 13.1. The van der Waals surface area contributed by atoms with E-state index in [1.807, 2.05) is 0 Å². The summed E-state index contributed by atoms with van der Waals surface area (Å²) in [5.74, 6) is 1.11. The number of piperidine rings is 1. The second-order valence-corrected chi connectivity index (χ2v) is 9.80. The summed E-state index contributed by atoms with van der Waals surface area (Å²) in [6, 6.07) is 6.01. The summed E-state index contributed by atoms with van der Waals surface area (Å²) in [6.07, 6.45) is 0.955. The van der Waals surface area contributed by atoms with E-state index in [1.54, 1.807) is 12.1 Å². The summed E-state index contributed by atoms with van der Waals surface area (Å²) in [5, 5.41) is 0. The van der Waals surface area contributed by atoms with Gasteiger partial charge in [-0.25, -0.2) is 0 Å². The van der Waals surface area contributed by atoms with E-state index in [0.29, 0.717) is 24.3 Å². The Bertz CT molecular complexity index is 685. The van der Waals surface area contributed by atoms with E-state index in [1.165, 1.54) is 19.2 Å². The third-order valence-electron chi connectivity index (χ3n) is 6.35. The Morgan fingerprint density at radius 1 is 1.10 bits per heavy atom. The summed E-state index contributed by atoms with van der Waals surface area (Å²) >= 11 is 0. The standard InChI is InChI=1S/C25H38F3NO2/c1-17(2)6-11-22(14-18(3)4)29-13-12-19(16-24(30)31-5)15-23(29)20-7-9-21(10-8-20)25(26,27)28/h7-10,17-19,22-23H,6,11-16H2,1-5H3/t19-,22?,23+/m1/s1. The van der Waals surface area contributed by atoms with Crippen molar-refractivity contribution in [1.82, 2.24) is 4.90 Å². The van der Waals surface area contributed by atoms with E-state index in [9.17, 15) is 18.0 Å². The normalized spacial score (nSPS) is 21.5. The van der Waals surface area contributed by atoms with Crippen LogP contribution in [0.2, 0.25) is 0 Å². The Labute approximate surface area is 185 Å². The van der Waals surface area contributed by atoms with Crippen LogP contribution in [0.5, 0.6) is 0 Å². The molecule has 2 rings (SSSR count). The molecular formula is C25H38F3NO2. The SMILES string of the molecule is COC(=O)C[C@@H]1CCN(C(CCC(C)C)CC(C)C)[C@H](c2ccc(C(F)(F)F)cc2)C1. The Hall–Kier alpha value is -1.56. The van der Waals surface area contributed by atoms with Gasteiger partial charge in [-0.3, -0.25) is 9.69 Å². The van der Waals surface area contributed by atoms with Gasteiger partial charge in [0.05, 0.1) is 12.7 Å². The zero-order valence-electron chi connectivity index (χ0n) is 19.5. The number of likely N-dealkylation sites (tertiary alicyclic amines) is 1. The van der Waals surface area contributed by atoms with Gasteiger partial charge in [-0.2, -0.15) is 13.2 Å². The molecule has 31 heavy (non-hydrogen) atoms. The second kappa shape index (κ2) is 11.3. The first-order chi connectivity index (χ1) is 14.5. The molecule has 0 saturated carbocycles. The van der Waals surface area contributed by atoms with Crippen molar-refractivity contribution in [2.24, 2.45) is 17.8 Å². The molecule has 1 saturated heterocycles. The van der Waals surface area contributed by atoms with Crippen LogP contribution in [0.3, 0.4) is 0 Å². The van der Waals surface area contributed by atoms with Crippen LogP contribution in [0.4, 0.5) is 13.2 Å². The number of esters is 1. The minimum absolute atomic E-state index is 0.0154. The van der Waals surface area contributed by atoms with Gasteiger partial charge in [0.1, 0.15) is 0 Å². The monoisotopic (exact) mass is 441 g/mol. The van der Waals surface area contributed by atoms with Crippen LogP contribution in [0.1, 0.15) is 83.4 Å². The predicted molar refractivity (Wildman–Crippen MR) is 118 cm³/mol. The molecule has 3 atom stereocenters. The van der Waals surface area contributed by atoms with Gasteiger partial charge in [0.15, 0.2) is 0 Å². The second-order valence-electron chi connectivity index (χ2n) is 9.80. The fourth-order valence-corrected chi connectivity index (χ4v) is 4.71. The number of ether oxygens (including phenoxy) is 1. The van der Waals surface area contributed by atoms with E-state index in [-0.39, 0.29) is 17.9 Å². The van der Waals surface area contributed by atoms with Gasteiger partial charge < -0.3 is 4.74 Å². The van der Waals surface area contributed by atoms with Crippen LogP contribution >= 0.6 is 0 Å². The summed E-state index contributed by atoms with van der Waals surface area (Å²) in [5.41, 5.74) is 0.282. The van der Waals surface area contributed by atoms with Crippen molar-refractivity contribution in [2.75, 3.05) is 13.7 Å². The van der Waals surface area contributed by atoms with Crippen molar-refractivity contribution >= 4 is 5.97 Å². The molecule has 0 radical (unpaired) electrons. The largest absolute Gasteiger partial charge is 0.469 e. The molecule has 1 heterocycles. The summed E-state index contributed by atoms with van der Waals surface area (Å²) in [7, 11) is 1.40. The lowest BCUT2D eigenvalue weighted by Crippen LogP contribution is -2.44. The van der Waals surface area contributed by atoms with E-state index in [0.717, 1.165) is 44.2 Å². The quantitative estimate of drug-likeness (QED) is 0.392. The van der Waals surface area contributed by atoms with E-state index in [4.69, 9.17) is 4.74 Å². The molecule has 1 aliphatic rings. The Kier molecular flexibility index (Phi) is 9.41. The third-order valence-corrected chi connectivity index (χ3v) is 6.35. The highest BCUT2D eigenvalue weighted by molar-refractivity contribution is 5.69. The fraction of sp³-hybridized carbons (Fsp3) is 0.720. The number of halogens is 3. The maximum Gasteiger partial charge on any atom is 0.416 e. The molecule has 0 spiro atoms. The maximum absolute atomic E-state index is 13.1. The Morgan fingerprint density at radius 3 is 2.26 bits per heavy atom. The van der Waals surface area contributed by atoms with Gasteiger partial charge in [0.2, 0.25) is 0 Å². The van der Waals surface area contributed by atoms with Crippen LogP contribution in [0.15, 0.2) is 24.3 Å². The van der Waals surface area contributed by atoms with Crippen LogP contribution in [0.25, 0.3) is 0 Å². The average molecular weight is 442 g/mol. The lowest BCUT2D eigenvalue weighted by molar-refractivity contribution is -0.142. The van der Waals surface area contributed by atoms with E-state index < -0.39 is 11.7 Å². The lowest BCUT2D eigenvalue weighted by atomic mass is 9.82. The van der Waals surface area contributed by atoms with Gasteiger partial charge >= 0.3 is 12.1 Å². The number of alkyl halides is 3. The number of benzene rings is 1. The molecule has 0 aliphatic carbocycles. The summed E-state index contributed by atoms with van der Waals surface area (Å²) in [6.45, 7) is 9.74. The van der Waals surface area contributed by atoms with Crippen molar-refractivity contribution in [3.63, 3.8) is 0 Å². The minimum atomic E-state index is -4.34. The van der Waals surface area contributed by atoms with Gasteiger partial charge in [0, 0.05) is 18.5 Å². The minimum Gasteiger partial charge on any atom is -0.469 e. The van der Waals surface area contributed by atoms with Crippen molar-refractivity contribution in [1.29, 1.82) is 0 Å². The zero-order chi connectivity index (χ0) is 23.2. The number of rotatable bonds is 9. The van der Waals surface area contributed by atoms with Gasteiger partial charge in [-0.05, 0) is 74.1 Å². The number of hydrogen-bond donors (Lipinski definition) is 0. The first-order valence-electron chi connectivity index (χ1n) is 11.5. The number of hydrogen-bond acceptors (Lipinski definition) is 3. The van der Waals surface area contributed by atoms with Crippen molar-refractivity contribution in [2.45, 2.75) is 84.5 Å². The van der Waals surface area contributed by atoms with Gasteiger partial charge in [-0.15, -0.1) is 0 Å². The molecule has 1 fully saturated rings. The molecule has 1 aromatic rings. The molecule has 1 unspecified atom stereocenters. The highest BCUT2D eigenvalue weighted by Gasteiger charge is 2.36. The summed E-state index contributed by atoms with van der Waals surface area (Å²) in [4.78, 5) is 14.4. The lowest BCUT2D eigenvalue weighted by Gasteiger charge is -2.45. The zero-order valence-corrected chi connectivity index (χ0v) is 19.5. The molecule has 0 aromatic heterocycles. The molecule has 0 amide bonds. The van der Waals surface area contributed by atoms with Crippen LogP contribution in [-0.2, 0) is 15.7 Å². The molecule has 1 aliphatic heterocycles. The third kappa shape index (κ3) is 7.81. The highest BCUT2D eigenvalue weighted by atomic mass is 19.4. The Balaban J connectivity index is 2.31. The van der Waals surface area contributed by atoms with Crippen LogP contribution < -0.4 is 0 Å². The Morgan fingerprint density at radius 2 is 1.74 bits per heavy atom. The smallest absolute Gasteiger partial charge is 0.416 e. The number of methoxy groups -OCH3 is 1. The molecule has 3 nitrogen and oxygen atoms in total. The van der Waals surface area contributed by atoms with Gasteiger partial charge in [0.25, 0.3) is 0 Å². The van der Waals surface area contributed by atoms with Crippen molar-refractivity contribution in [3.8, 4) is 0 Å². The number of nitrogens with zero attached hydrogens (tertiary/aromatic N) is 1. The average Bonchev–Trinajstić information content (AvgIpc) is 2.70. The van der Waals surface area contributed by atoms with Gasteiger partial charge in [-0.1, -0.05) is 39.8 Å². The number of carbonyl (C=O) groups excluding carboxylic acids is 1. The van der Waals surface area contributed by atoms with E-state index >= 15 is 0 Å². The predicted octanol–water partition coefficient (Wildman–Crippen LogP) is 6.87.